The third kappa shape index (κ3) is 2.70. The lowest BCUT2D eigenvalue weighted by Crippen LogP contribution is -1.92. The van der Waals surface area contributed by atoms with E-state index in [1.54, 1.807) is 0 Å². The molecule has 0 spiro atoms. The van der Waals surface area contributed by atoms with Crippen molar-refractivity contribution in [1.29, 1.82) is 0 Å². The summed E-state index contributed by atoms with van der Waals surface area (Å²) in [5, 5.41) is 5.28. The molecule has 0 aromatic heterocycles. The lowest BCUT2D eigenvalue weighted by molar-refractivity contribution is 1.15. The number of benzene rings is 5. The van der Waals surface area contributed by atoms with Gasteiger partial charge in [-0.3, -0.25) is 0 Å². The fourth-order valence-corrected chi connectivity index (χ4v) is 4.28. The van der Waals surface area contributed by atoms with E-state index in [0.717, 1.165) is 6.42 Å². The Morgan fingerprint density at radius 1 is 0.464 bits per heavy atom. The Hall–Kier alpha value is -3.38. The van der Waals surface area contributed by atoms with Gasteiger partial charge in [0.05, 0.1) is 0 Å². The normalized spacial score (nSPS) is 11.2. The Labute approximate surface area is 166 Å². The summed E-state index contributed by atoms with van der Waals surface area (Å²) >= 11 is 0. The van der Waals surface area contributed by atoms with Crippen molar-refractivity contribution in [1.82, 2.24) is 0 Å². The van der Waals surface area contributed by atoms with Gasteiger partial charge in [-0.2, -0.15) is 0 Å². The van der Waals surface area contributed by atoms with Gasteiger partial charge in [-0.15, -0.1) is 0 Å². The highest BCUT2D eigenvalue weighted by molar-refractivity contribution is 6.21. The molecule has 0 N–H and O–H groups in total. The highest BCUT2D eigenvalue weighted by atomic mass is 14.2. The maximum atomic E-state index is 2.39. The average molecular weight is 358 g/mol. The Bertz CT molecular complexity index is 1270. The number of rotatable bonds is 3. The van der Waals surface area contributed by atoms with E-state index >= 15 is 0 Å². The topological polar surface area (TPSA) is 0 Å². The molecule has 0 aliphatic carbocycles. The fraction of sp³-hybridized carbons (Fsp3) is 0.0714. The molecule has 5 aromatic rings. The van der Waals surface area contributed by atoms with Crippen LogP contribution >= 0.6 is 0 Å². The molecule has 0 nitrogen and oxygen atoms in total. The van der Waals surface area contributed by atoms with Gasteiger partial charge in [-0.1, -0.05) is 110 Å². The molecule has 0 saturated carbocycles. The monoisotopic (exact) mass is 358 g/mol. The minimum absolute atomic E-state index is 1.04. The van der Waals surface area contributed by atoms with Crippen molar-refractivity contribution in [2.24, 2.45) is 0 Å². The van der Waals surface area contributed by atoms with Crippen LogP contribution in [0.5, 0.6) is 0 Å². The van der Waals surface area contributed by atoms with Crippen LogP contribution in [0.3, 0.4) is 0 Å². The van der Waals surface area contributed by atoms with Crippen LogP contribution in [-0.4, -0.2) is 0 Å². The lowest BCUT2D eigenvalue weighted by atomic mass is 9.85. The van der Waals surface area contributed by atoms with Crippen molar-refractivity contribution >= 4 is 21.5 Å². The standard InChI is InChI=1S/C28H22/c1-2-20-17-18-25-26(19-20)28(22-13-7-4-8-14-22)24-16-10-9-15-23(24)27(25)21-11-5-3-6-12-21/h3-19H,2H2,1H3. The largest absolute Gasteiger partial charge is 0.0622 e. The summed E-state index contributed by atoms with van der Waals surface area (Å²) in [5.74, 6) is 0. The van der Waals surface area contributed by atoms with Crippen LogP contribution in [0, 0.1) is 0 Å². The summed E-state index contributed by atoms with van der Waals surface area (Å²) in [5.41, 5.74) is 6.58. The third-order valence-corrected chi connectivity index (χ3v) is 5.62. The Morgan fingerprint density at radius 2 is 0.929 bits per heavy atom. The summed E-state index contributed by atoms with van der Waals surface area (Å²) in [7, 11) is 0. The first-order chi connectivity index (χ1) is 13.9. The zero-order chi connectivity index (χ0) is 18.9. The molecular weight excluding hydrogens is 336 g/mol. The second kappa shape index (κ2) is 6.98. The molecule has 0 atom stereocenters. The summed E-state index contributed by atoms with van der Waals surface area (Å²) < 4.78 is 0. The summed E-state index contributed by atoms with van der Waals surface area (Å²) in [4.78, 5) is 0. The van der Waals surface area contributed by atoms with E-state index in [2.05, 4.69) is 110 Å². The van der Waals surface area contributed by atoms with E-state index in [-0.39, 0.29) is 0 Å². The van der Waals surface area contributed by atoms with Crippen LogP contribution in [-0.2, 0) is 6.42 Å². The first-order valence-electron chi connectivity index (χ1n) is 9.95. The summed E-state index contributed by atoms with van der Waals surface area (Å²) in [6.07, 6.45) is 1.04. The average Bonchev–Trinajstić information content (AvgIpc) is 2.78. The third-order valence-electron chi connectivity index (χ3n) is 5.62. The second-order valence-electron chi connectivity index (χ2n) is 7.26. The molecule has 0 heteroatoms. The van der Waals surface area contributed by atoms with E-state index < -0.39 is 0 Å². The molecule has 0 radical (unpaired) electrons. The van der Waals surface area contributed by atoms with Crippen LogP contribution in [0.15, 0.2) is 103 Å². The maximum Gasteiger partial charge on any atom is -0.00263 e. The molecule has 5 aromatic carbocycles. The maximum absolute atomic E-state index is 2.39. The van der Waals surface area contributed by atoms with Gasteiger partial charge < -0.3 is 0 Å². The molecule has 28 heavy (non-hydrogen) atoms. The van der Waals surface area contributed by atoms with Gasteiger partial charge in [0.25, 0.3) is 0 Å². The number of hydrogen-bond acceptors (Lipinski definition) is 0. The molecular formula is C28H22. The molecule has 134 valence electrons. The Balaban J connectivity index is 2.02. The summed E-state index contributed by atoms with van der Waals surface area (Å²) in [6, 6.07) is 37.4. The lowest BCUT2D eigenvalue weighted by Gasteiger charge is -2.18. The molecule has 0 bridgehead atoms. The minimum Gasteiger partial charge on any atom is -0.0622 e. The van der Waals surface area contributed by atoms with E-state index in [9.17, 15) is 0 Å². The van der Waals surface area contributed by atoms with Gasteiger partial charge in [0.1, 0.15) is 0 Å². The minimum atomic E-state index is 1.04. The van der Waals surface area contributed by atoms with Crippen LogP contribution in [0.2, 0.25) is 0 Å². The predicted octanol–water partition coefficient (Wildman–Crippen LogP) is 7.89. The van der Waals surface area contributed by atoms with Crippen molar-refractivity contribution in [2.45, 2.75) is 13.3 Å². The van der Waals surface area contributed by atoms with E-state index in [4.69, 9.17) is 0 Å². The van der Waals surface area contributed by atoms with Crippen LogP contribution in [0.4, 0.5) is 0 Å². The first-order valence-corrected chi connectivity index (χ1v) is 9.95. The molecule has 5 rings (SSSR count). The van der Waals surface area contributed by atoms with Crippen molar-refractivity contribution in [3.05, 3.63) is 109 Å². The van der Waals surface area contributed by atoms with Crippen molar-refractivity contribution < 1.29 is 0 Å². The Kier molecular flexibility index (Phi) is 4.18. The van der Waals surface area contributed by atoms with Crippen LogP contribution in [0.25, 0.3) is 43.8 Å². The van der Waals surface area contributed by atoms with Gasteiger partial charge in [-0.05, 0) is 55.8 Å². The highest BCUT2D eigenvalue weighted by Crippen LogP contribution is 2.43. The van der Waals surface area contributed by atoms with Crippen LogP contribution in [0.1, 0.15) is 12.5 Å². The number of fused-ring (bicyclic) bond motifs is 2. The van der Waals surface area contributed by atoms with Gasteiger partial charge in [0, 0.05) is 0 Å². The zero-order valence-corrected chi connectivity index (χ0v) is 16.0. The van der Waals surface area contributed by atoms with E-state index in [0.29, 0.717) is 0 Å². The second-order valence-corrected chi connectivity index (χ2v) is 7.26. The molecule has 0 fully saturated rings. The molecule has 0 unspecified atom stereocenters. The smallest absolute Gasteiger partial charge is 0.00263 e. The highest BCUT2D eigenvalue weighted by Gasteiger charge is 2.16. The van der Waals surface area contributed by atoms with Gasteiger partial charge in [0.15, 0.2) is 0 Å². The van der Waals surface area contributed by atoms with Gasteiger partial charge in [-0.25, -0.2) is 0 Å². The predicted molar refractivity (Wildman–Crippen MR) is 122 cm³/mol. The van der Waals surface area contributed by atoms with Crippen molar-refractivity contribution in [2.75, 3.05) is 0 Å². The molecule has 0 aliphatic rings. The molecule has 0 saturated heterocycles. The molecule has 0 aliphatic heterocycles. The van der Waals surface area contributed by atoms with Crippen molar-refractivity contribution in [3.8, 4) is 22.3 Å². The zero-order valence-electron chi connectivity index (χ0n) is 16.0. The number of aryl methyl sites for hydroxylation is 1. The van der Waals surface area contributed by atoms with Crippen molar-refractivity contribution in [3.63, 3.8) is 0 Å². The quantitative estimate of drug-likeness (QED) is 0.288. The SMILES string of the molecule is CCc1ccc2c(-c3ccccc3)c3ccccc3c(-c3ccccc3)c2c1. The Morgan fingerprint density at radius 3 is 1.46 bits per heavy atom. The fourth-order valence-electron chi connectivity index (χ4n) is 4.28. The molecule has 0 heterocycles. The van der Waals surface area contributed by atoms with Crippen LogP contribution < -0.4 is 0 Å². The van der Waals surface area contributed by atoms with Gasteiger partial charge >= 0.3 is 0 Å². The van der Waals surface area contributed by atoms with E-state index in [1.165, 1.54) is 49.4 Å². The summed E-state index contributed by atoms with van der Waals surface area (Å²) in [6.45, 7) is 2.22. The van der Waals surface area contributed by atoms with E-state index in [1.807, 2.05) is 0 Å². The molecule has 0 amide bonds. The first kappa shape index (κ1) is 16.8. The van der Waals surface area contributed by atoms with Gasteiger partial charge in [0.2, 0.25) is 0 Å². The number of hydrogen-bond donors (Lipinski definition) is 0.